The molecule has 0 spiro atoms. The van der Waals surface area contributed by atoms with E-state index in [0.29, 0.717) is 5.41 Å². The minimum Gasteiger partial charge on any atom is -0.544 e. The fraction of sp³-hybridized carbons (Fsp3) is 0.818. The van der Waals surface area contributed by atoms with Crippen molar-refractivity contribution < 1.29 is 4.43 Å². The molecule has 0 saturated heterocycles. The predicted molar refractivity (Wildman–Crippen MR) is 56.3 cm³/mol. The zero-order valence-electron chi connectivity index (χ0n) is 9.32. The third-order valence-electron chi connectivity index (χ3n) is 3.88. The molecule has 73 valence electrons. The SMILES string of the molecule is CC1=C(O[Si])CCC1(C)C(C)(C)C. The summed E-state index contributed by atoms with van der Waals surface area (Å²) < 4.78 is 5.20. The molecule has 0 aromatic heterocycles. The van der Waals surface area contributed by atoms with Gasteiger partial charge in [0, 0.05) is 6.42 Å². The fourth-order valence-electron chi connectivity index (χ4n) is 2.11. The van der Waals surface area contributed by atoms with Gasteiger partial charge in [-0.15, -0.1) is 0 Å². The zero-order chi connectivity index (χ0) is 10.3. The predicted octanol–water partition coefficient (Wildman–Crippen LogP) is 3.21. The first-order chi connectivity index (χ1) is 5.83. The van der Waals surface area contributed by atoms with E-state index >= 15 is 0 Å². The monoisotopic (exact) mass is 195 g/mol. The largest absolute Gasteiger partial charge is 0.544 e. The summed E-state index contributed by atoms with van der Waals surface area (Å²) in [6, 6.07) is 0. The van der Waals surface area contributed by atoms with Crippen LogP contribution >= 0.6 is 0 Å². The Morgan fingerprint density at radius 3 is 2.15 bits per heavy atom. The lowest BCUT2D eigenvalue weighted by atomic mass is 9.64. The van der Waals surface area contributed by atoms with Gasteiger partial charge in [-0.25, -0.2) is 0 Å². The molecule has 1 aliphatic carbocycles. The topological polar surface area (TPSA) is 9.23 Å². The maximum absolute atomic E-state index is 5.20. The highest BCUT2D eigenvalue weighted by Gasteiger charge is 2.43. The highest BCUT2D eigenvalue weighted by Crippen LogP contribution is 2.53. The van der Waals surface area contributed by atoms with Crippen molar-refractivity contribution >= 4 is 10.5 Å². The van der Waals surface area contributed by atoms with E-state index in [1.54, 1.807) is 0 Å². The highest BCUT2D eigenvalue weighted by atomic mass is 28.2. The molecule has 1 nitrogen and oxygen atoms in total. The minimum absolute atomic E-state index is 0.287. The molecule has 1 rings (SSSR count). The summed E-state index contributed by atoms with van der Waals surface area (Å²) in [7, 11) is 3.12. The van der Waals surface area contributed by atoms with Crippen LogP contribution in [0.4, 0.5) is 0 Å². The minimum atomic E-state index is 0.287. The van der Waals surface area contributed by atoms with E-state index in [0.717, 1.165) is 12.2 Å². The van der Waals surface area contributed by atoms with Crippen molar-refractivity contribution in [3.05, 3.63) is 11.3 Å². The van der Waals surface area contributed by atoms with Crippen molar-refractivity contribution in [2.45, 2.75) is 47.5 Å². The van der Waals surface area contributed by atoms with Crippen molar-refractivity contribution in [3.8, 4) is 0 Å². The number of allylic oxidation sites excluding steroid dienone is 2. The summed E-state index contributed by atoms with van der Waals surface area (Å²) in [6.45, 7) is 11.4. The first-order valence-corrected chi connectivity index (χ1v) is 5.27. The summed E-state index contributed by atoms with van der Waals surface area (Å²) in [5.41, 5.74) is 1.99. The zero-order valence-corrected chi connectivity index (χ0v) is 10.3. The number of hydrogen-bond acceptors (Lipinski definition) is 1. The molecule has 0 N–H and O–H groups in total. The van der Waals surface area contributed by atoms with E-state index in [-0.39, 0.29) is 5.41 Å². The van der Waals surface area contributed by atoms with Gasteiger partial charge in [0.2, 0.25) is 0 Å². The fourth-order valence-corrected chi connectivity index (χ4v) is 2.37. The van der Waals surface area contributed by atoms with Gasteiger partial charge in [0.05, 0.1) is 5.76 Å². The van der Waals surface area contributed by atoms with Crippen LogP contribution in [-0.2, 0) is 4.43 Å². The first kappa shape index (κ1) is 10.8. The summed E-state index contributed by atoms with van der Waals surface area (Å²) >= 11 is 0. The molecule has 1 atom stereocenters. The summed E-state index contributed by atoms with van der Waals surface area (Å²) in [5.74, 6) is 1.12. The second-order valence-corrected chi connectivity index (χ2v) is 5.44. The van der Waals surface area contributed by atoms with Crippen LogP contribution in [0, 0.1) is 10.8 Å². The molecular weight excluding hydrogens is 176 g/mol. The number of rotatable bonds is 1. The Balaban J connectivity index is 3.03. The third-order valence-corrected chi connectivity index (χ3v) is 4.12. The molecule has 0 amide bonds. The van der Waals surface area contributed by atoms with Crippen molar-refractivity contribution in [2.24, 2.45) is 10.8 Å². The maximum Gasteiger partial charge on any atom is 0.340 e. The van der Waals surface area contributed by atoms with Crippen molar-refractivity contribution in [3.63, 3.8) is 0 Å². The Morgan fingerprint density at radius 1 is 1.38 bits per heavy atom. The normalized spacial score (nSPS) is 29.7. The average molecular weight is 195 g/mol. The molecular formula is C11H19OSi. The lowest BCUT2D eigenvalue weighted by Gasteiger charge is -2.40. The Bertz CT molecular complexity index is 237. The molecule has 0 fully saturated rings. The van der Waals surface area contributed by atoms with Gasteiger partial charge in [0.1, 0.15) is 0 Å². The van der Waals surface area contributed by atoms with Crippen LogP contribution < -0.4 is 0 Å². The Kier molecular flexibility index (Phi) is 2.63. The van der Waals surface area contributed by atoms with Crippen LogP contribution in [-0.4, -0.2) is 10.5 Å². The smallest absolute Gasteiger partial charge is 0.340 e. The van der Waals surface area contributed by atoms with E-state index < -0.39 is 0 Å². The van der Waals surface area contributed by atoms with Crippen LogP contribution in [0.15, 0.2) is 11.3 Å². The second kappa shape index (κ2) is 3.16. The van der Waals surface area contributed by atoms with E-state index in [9.17, 15) is 0 Å². The lowest BCUT2D eigenvalue weighted by Crippen LogP contribution is -2.31. The Labute approximate surface area is 85.1 Å². The molecule has 2 heteroatoms. The van der Waals surface area contributed by atoms with Gasteiger partial charge in [-0.2, -0.15) is 0 Å². The van der Waals surface area contributed by atoms with Crippen LogP contribution in [0.5, 0.6) is 0 Å². The van der Waals surface area contributed by atoms with Crippen LogP contribution in [0.25, 0.3) is 0 Å². The lowest BCUT2D eigenvalue weighted by molar-refractivity contribution is 0.153. The van der Waals surface area contributed by atoms with Crippen molar-refractivity contribution in [1.82, 2.24) is 0 Å². The van der Waals surface area contributed by atoms with E-state index in [1.807, 2.05) is 0 Å². The van der Waals surface area contributed by atoms with Crippen molar-refractivity contribution in [2.75, 3.05) is 0 Å². The quantitative estimate of drug-likeness (QED) is 0.584. The van der Waals surface area contributed by atoms with Gasteiger partial charge < -0.3 is 4.43 Å². The van der Waals surface area contributed by atoms with Gasteiger partial charge in [-0.1, -0.05) is 27.7 Å². The van der Waals surface area contributed by atoms with Crippen LogP contribution in [0.2, 0.25) is 0 Å². The molecule has 3 radical (unpaired) electrons. The third kappa shape index (κ3) is 1.56. The standard InChI is InChI=1S/C11H19OSi/c1-8-9(12-13)6-7-11(8,5)10(2,3)4/h6-7H2,1-5H3. The van der Waals surface area contributed by atoms with Gasteiger partial charge in [-0.05, 0) is 29.7 Å². The van der Waals surface area contributed by atoms with Gasteiger partial charge in [0.25, 0.3) is 0 Å². The van der Waals surface area contributed by atoms with E-state index in [4.69, 9.17) is 4.43 Å². The van der Waals surface area contributed by atoms with Crippen LogP contribution in [0.1, 0.15) is 47.5 Å². The van der Waals surface area contributed by atoms with Crippen molar-refractivity contribution in [1.29, 1.82) is 0 Å². The van der Waals surface area contributed by atoms with Gasteiger partial charge in [-0.3, -0.25) is 0 Å². The molecule has 1 unspecified atom stereocenters. The molecule has 0 heterocycles. The molecule has 13 heavy (non-hydrogen) atoms. The molecule has 0 aliphatic heterocycles. The van der Waals surface area contributed by atoms with E-state index in [1.165, 1.54) is 12.0 Å². The van der Waals surface area contributed by atoms with Gasteiger partial charge >= 0.3 is 10.5 Å². The average Bonchev–Trinajstić information content (AvgIpc) is 2.29. The summed E-state index contributed by atoms with van der Waals surface area (Å²) in [4.78, 5) is 0. The molecule has 0 aromatic carbocycles. The molecule has 0 saturated carbocycles. The number of hydrogen-bond donors (Lipinski definition) is 0. The summed E-state index contributed by atoms with van der Waals surface area (Å²) in [6.07, 6.45) is 2.26. The second-order valence-electron chi connectivity index (χ2n) is 5.23. The van der Waals surface area contributed by atoms with Crippen LogP contribution in [0.3, 0.4) is 0 Å². The molecule has 0 aromatic rings. The Morgan fingerprint density at radius 2 is 1.92 bits per heavy atom. The van der Waals surface area contributed by atoms with E-state index in [2.05, 4.69) is 45.1 Å². The maximum atomic E-state index is 5.20. The molecule has 0 bridgehead atoms. The highest BCUT2D eigenvalue weighted by molar-refractivity contribution is 5.98. The van der Waals surface area contributed by atoms with Gasteiger partial charge in [0.15, 0.2) is 0 Å². The summed E-state index contributed by atoms with van der Waals surface area (Å²) in [5, 5.41) is 0. The first-order valence-electron chi connectivity index (χ1n) is 4.87. The molecule has 1 aliphatic rings. The Hall–Kier alpha value is -0.243.